The number of hydrogen-bond acceptors (Lipinski definition) is 2. The molecule has 1 aliphatic rings. The Morgan fingerprint density at radius 3 is 2.56 bits per heavy atom. The lowest BCUT2D eigenvalue weighted by Gasteiger charge is -2.31. The largest absolute Gasteiger partial charge is 0.338 e. The van der Waals surface area contributed by atoms with Crippen molar-refractivity contribution in [3.8, 4) is 11.3 Å². The predicted molar refractivity (Wildman–Crippen MR) is 101 cm³/mol. The smallest absolute Gasteiger partial charge is 0.253 e. The van der Waals surface area contributed by atoms with Gasteiger partial charge in [-0.05, 0) is 30.7 Å². The number of hydrogen-bond donors (Lipinski definition) is 0. The van der Waals surface area contributed by atoms with E-state index >= 15 is 0 Å². The van der Waals surface area contributed by atoms with Crippen LogP contribution in [0, 0.1) is 6.92 Å². The molecule has 0 saturated carbocycles. The molecule has 0 atom stereocenters. The van der Waals surface area contributed by atoms with Crippen LogP contribution >= 0.6 is 0 Å². The van der Waals surface area contributed by atoms with Crippen molar-refractivity contribution in [2.45, 2.75) is 25.7 Å². The summed E-state index contributed by atoms with van der Waals surface area (Å²) in [5.74, 6) is -2.87. The maximum absolute atomic E-state index is 13.4. The van der Waals surface area contributed by atoms with Gasteiger partial charge in [-0.1, -0.05) is 24.3 Å². The third-order valence-corrected chi connectivity index (χ3v) is 5.25. The lowest BCUT2D eigenvalue weighted by atomic mass is 10.0. The van der Waals surface area contributed by atoms with Crippen LogP contribution in [0.25, 0.3) is 22.2 Å². The lowest BCUT2D eigenvalue weighted by molar-refractivity contribution is -0.0494. The molecule has 2 aromatic carbocycles. The zero-order valence-electron chi connectivity index (χ0n) is 15.4. The van der Waals surface area contributed by atoms with E-state index in [2.05, 4.69) is 5.10 Å². The maximum Gasteiger partial charge on any atom is 0.253 e. The Kier molecular flexibility index (Phi) is 4.21. The number of alkyl halides is 2. The summed E-state index contributed by atoms with van der Waals surface area (Å²) in [4.78, 5) is 14.3. The molecule has 4 nitrogen and oxygen atoms in total. The molecule has 1 fully saturated rings. The van der Waals surface area contributed by atoms with E-state index in [1.165, 1.54) is 4.90 Å². The van der Waals surface area contributed by atoms with Gasteiger partial charge < -0.3 is 4.90 Å². The highest BCUT2D eigenvalue weighted by molar-refractivity contribution is 5.99. The van der Waals surface area contributed by atoms with Gasteiger partial charge in [0.25, 0.3) is 11.8 Å². The number of fused-ring (bicyclic) bond motifs is 1. The van der Waals surface area contributed by atoms with Crippen molar-refractivity contribution in [3.63, 3.8) is 0 Å². The fourth-order valence-corrected chi connectivity index (χ4v) is 3.71. The first-order valence-corrected chi connectivity index (χ1v) is 9.06. The number of piperidine rings is 1. The summed E-state index contributed by atoms with van der Waals surface area (Å²) in [6.07, 6.45) is -0.551. The van der Waals surface area contributed by atoms with Crippen molar-refractivity contribution in [1.82, 2.24) is 14.7 Å². The van der Waals surface area contributed by atoms with Crippen molar-refractivity contribution in [1.29, 1.82) is 0 Å². The van der Waals surface area contributed by atoms with Crippen molar-refractivity contribution in [3.05, 3.63) is 53.6 Å². The van der Waals surface area contributed by atoms with E-state index in [1.54, 1.807) is 6.07 Å². The normalized spacial score (nSPS) is 16.7. The summed E-state index contributed by atoms with van der Waals surface area (Å²) in [7, 11) is 1.90. The Balaban J connectivity index is 1.69. The van der Waals surface area contributed by atoms with Crippen molar-refractivity contribution in [2.24, 2.45) is 7.05 Å². The lowest BCUT2D eigenvalue weighted by Crippen LogP contribution is -2.42. The molecule has 1 saturated heterocycles. The van der Waals surface area contributed by atoms with Gasteiger partial charge in [-0.3, -0.25) is 9.48 Å². The van der Waals surface area contributed by atoms with Crippen LogP contribution < -0.4 is 0 Å². The first-order valence-electron chi connectivity index (χ1n) is 9.06. The number of rotatable bonds is 2. The maximum atomic E-state index is 13.4. The van der Waals surface area contributed by atoms with Crippen molar-refractivity contribution in [2.75, 3.05) is 13.1 Å². The number of halogens is 2. The Hall–Kier alpha value is -2.76. The van der Waals surface area contributed by atoms with E-state index < -0.39 is 5.92 Å². The highest BCUT2D eigenvalue weighted by Gasteiger charge is 2.35. The molecule has 0 bridgehead atoms. The van der Waals surface area contributed by atoms with Crippen LogP contribution in [0.1, 0.15) is 28.8 Å². The summed E-state index contributed by atoms with van der Waals surface area (Å²) >= 11 is 0. The van der Waals surface area contributed by atoms with Gasteiger partial charge >= 0.3 is 0 Å². The van der Waals surface area contributed by atoms with Crippen molar-refractivity contribution >= 4 is 16.8 Å². The SMILES string of the molecule is Cc1cccc2c1c(-c1cccc(C(=O)N3CCC(F)(F)CC3)c1)nn2C. The molecular formula is C21H21F2N3O. The molecule has 27 heavy (non-hydrogen) atoms. The molecule has 4 rings (SSSR count). The molecule has 0 aliphatic carbocycles. The Morgan fingerprint density at radius 1 is 1.11 bits per heavy atom. The third kappa shape index (κ3) is 3.20. The topological polar surface area (TPSA) is 38.1 Å². The van der Waals surface area contributed by atoms with E-state index in [1.807, 2.05) is 55.1 Å². The summed E-state index contributed by atoms with van der Waals surface area (Å²) in [6, 6.07) is 13.3. The van der Waals surface area contributed by atoms with Crippen molar-refractivity contribution < 1.29 is 13.6 Å². The van der Waals surface area contributed by atoms with E-state index in [9.17, 15) is 13.6 Å². The van der Waals surface area contributed by atoms with Crippen LogP contribution in [0.5, 0.6) is 0 Å². The Morgan fingerprint density at radius 2 is 1.81 bits per heavy atom. The highest BCUT2D eigenvalue weighted by atomic mass is 19.3. The van der Waals surface area contributed by atoms with Crippen LogP contribution in [0.15, 0.2) is 42.5 Å². The van der Waals surface area contributed by atoms with Gasteiger partial charge in [0.15, 0.2) is 0 Å². The molecule has 0 unspecified atom stereocenters. The molecule has 0 radical (unpaired) electrons. The molecule has 1 amide bonds. The number of carbonyl (C=O) groups is 1. The first kappa shape index (κ1) is 17.6. The predicted octanol–water partition coefficient (Wildman–Crippen LogP) is 4.42. The summed E-state index contributed by atoms with van der Waals surface area (Å²) < 4.78 is 28.6. The number of likely N-dealkylation sites (tertiary alicyclic amines) is 1. The van der Waals surface area contributed by atoms with Gasteiger partial charge in [0.05, 0.1) is 5.52 Å². The summed E-state index contributed by atoms with van der Waals surface area (Å²) in [6.45, 7) is 2.21. The van der Waals surface area contributed by atoms with E-state index in [0.29, 0.717) is 5.56 Å². The van der Waals surface area contributed by atoms with E-state index in [-0.39, 0.29) is 31.8 Å². The monoisotopic (exact) mass is 369 g/mol. The third-order valence-electron chi connectivity index (χ3n) is 5.25. The van der Waals surface area contributed by atoms with Gasteiger partial charge in [0.2, 0.25) is 0 Å². The second-order valence-corrected chi connectivity index (χ2v) is 7.17. The zero-order chi connectivity index (χ0) is 19.2. The fraction of sp³-hybridized carbons (Fsp3) is 0.333. The summed E-state index contributed by atoms with van der Waals surface area (Å²) in [5, 5.41) is 5.70. The zero-order valence-corrected chi connectivity index (χ0v) is 15.4. The molecule has 2 heterocycles. The molecule has 1 aliphatic heterocycles. The molecular weight excluding hydrogens is 348 g/mol. The van der Waals surface area contributed by atoms with E-state index in [0.717, 1.165) is 27.7 Å². The molecule has 140 valence electrons. The van der Waals surface area contributed by atoms with Crippen LogP contribution in [0.3, 0.4) is 0 Å². The number of amides is 1. The molecule has 1 aromatic heterocycles. The average Bonchev–Trinajstić information content (AvgIpc) is 3.00. The second-order valence-electron chi connectivity index (χ2n) is 7.17. The van der Waals surface area contributed by atoms with Crippen LogP contribution in [0.2, 0.25) is 0 Å². The molecule has 3 aromatic rings. The number of aromatic nitrogens is 2. The van der Waals surface area contributed by atoms with Gasteiger partial charge in [-0.15, -0.1) is 0 Å². The minimum Gasteiger partial charge on any atom is -0.338 e. The molecule has 0 N–H and O–H groups in total. The fourth-order valence-electron chi connectivity index (χ4n) is 3.71. The molecule has 6 heteroatoms. The number of aryl methyl sites for hydroxylation is 2. The second kappa shape index (κ2) is 6.44. The Labute approximate surface area is 156 Å². The Bertz CT molecular complexity index is 1020. The van der Waals surface area contributed by atoms with Crippen LogP contribution in [-0.2, 0) is 7.05 Å². The number of carbonyl (C=O) groups excluding carboxylic acids is 1. The number of benzene rings is 2. The van der Waals surface area contributed by atoms with Crippen LogP contribution in [-0.4, -0.2) is 39.6 Å². The summed E-state index contributed by atoms with van der Waals surface area (Å²) in [5.41, 5.74) is 4.32. The van der Waals surface area contributed by atoms with E-state index in [4.69, 9.17) is 0 Å². The standard InChI is InChI=1S/C21H21F2N3O/c1-14-5-3-8-17-18(14)19(24-25(17)2)15-6-4-7-16(13-15)20(27)26-11-9-21(22,23)10-12-26/h3-8,13H,9-12H2,1-2H3. The molecule has 0 spiro atoms. The average molecular weight is 369 g/mol. The quantitative estimate of drug-likeness (QED) is 0.671. The van der Waals surface area contributed by atoms with Crippen LogP contribution in [0.4, 0.5) is 8.78 Å². The minimum absolute atomic E-state index is 0.0850. The van der Waals surface area contributed by atoms with Gasteiger partial charge in [0, 0.05) is 49.5 Å². The first-order chi connectivity index (χ1) is 12.9. The number of nitrogens with zero attached hydrogens (tertiary/aromatic N) is 3. The van der Waals surface area contributed by atoms with Gasteiger partial charge in [-0.2, -0.15) is 5.10 Å². The minimum atomic E-state index is -2.66. The highest BCUT2D eigenvalue weighted by Crippen LogP contribution is 2.32. The van der Waals surface area contributed by atoms with Gasteiger partial charge in [0.1, 0.15) is 5.69 Å². The van der Waals surface area contributed by atoms with Gasteiger partial charge in [-0.25, -0.2) is 8.78 Å².